The average Bonchev–Trinajstić information content (AvgIpc) is 2.36. The second kappa shape index (κ2) is 9.19. The van der Waals surface area contributed by atoms with Crippen LogP contribution >= 0.6 is 12.2 Å². The van der Waals surface area contributed by atoms with Gasteiger partial charge in [0.1, 0.15) is 6.61 Å². The van der Waals surface area contributed by atoms with Gasteiger partial charge in [0, 0.05) is 32.8 Å². The summed E-state index contributed by atoms with van der Waals surface area (Å²) in [6.07, 6.45) is 1.85. The number of ether oxygens (including phenoxy) is 2. The molecule has 1 aliphatic heterocycles. The van der Waals surface area contributed by atoms with Crippen LogP contribution < -0.4 is 11.1 Å². The maximum Gasteiger partial charge on any atom is 0.246 e. The fourth-order valence-electron chi connectivity index (χ4n) is 2.03. The SMILES string of the molecule is COCCOCC(=O)NC1CCN(CC(N)=S)CC1. The summed E-state index contributed by atoms with van der Waals surface area (Å²) in [5, 5.41) is 2.97. The molecule has 0 aromatic rings. The lowest BCUT2D eigenvalue weighted by atomic mass is 10.1. The molecule has 1 amide bonds. The van der Waals surface area contributed by atoms with Crippen molar-refractivity contribution in [2.45, 2.75) is 18.9 Å². The molecule has 0 unspecified atom stereocenters. The van der Waals surface area contributed by atoms with Crippen LogP contribution in [0.4, 0.5) is 0 Å². The van der Waals surface area contributed by atoms with Crippen molar-refractivity contribution in [1.82, 2.24) is 10.2 Å². The van der Waals surface area contributed by atoms with Crippen molar-refractivity contribution in [2.24, 2.45) is 5.73 Å². The first-order valence-electron chi connectivity index (χ1n) is 6.48. The van der Waals surface area contributed by atoms with Gasteiger partial charge in [-0.3, -0.25) is 9.69 Å². The van der Waals surface area contributed by atoms with Gasteiger partial charge in [-0.05, 0) is 12.8 Å². The molecule has 0 aliphatic carbocycles. The molecule has 7 heteroatoms. The van der Waals surface area contributed by atoms with Crippen LogP contribution in [0.15, 0.2) is 0 Å². The van der Waals surface area contributed by atoms with Crippen LogP contribution in [-0.2, 0) is 14.3 Å². The lowest BCUT2D eigenvalue weighted by Crippen LogP contribution is -2.47. The topological polar surface area (TPSA) is 76.8 Å². The highest BCUT2D eigenvalue weighted by Gasteiger charge is 2.20. The number of amides is 1. The third-order valence-electron chi connectivity index (χ3n) is 3.00. The summed E-state index contributed by atoms with van der Waals surface area (Å²) < 4.78 is 10.0. The Bertz CT molecular complexity index is 294. The second-order valence-corrected chi connectivity index (χ2v) is 5.15. The number of hydrogen-bond acceptors (Lipinski definition) is 5. The van der Waals surface area contributed by atoms with E-state index in [0.29, 0.717) is 24.7 Å². The smallest absolute Gasteiger partial charge is 0.246 e. The summed E-state index contributed by atoms with van der Waals surface area (Å²) in [7, 11) is 1.60. The van der Waals surface area contributed by atoms with Crippen LogP contribution in [0.5, 0.6) is 0 Å². The molecular formula is C12H23N3O3S. The number of thiocarbonyl (C=S) groups is 1. The van der Waals surface area contributed by atoms with Gasteiger partial charge in [-0.15, -0.1) is 0 Å². The van der Waals surface area contributed by atoms with Crippen LogP contribution in [-0.4, -0.2) is 68.4 Å². The molecule has 0 spiro atoms. The van der Waals surface area contributed by atoms with Crippen molar-refractivity contribution >= 4 is 23.1 Å². The maximum absolute atomic E-state index is 11.6. The number of nitrogens with one attached hydrogen (secondary N) is 1. The Balaban J connectivity index is 2.11. The summed E-state index contributed by atoms with van der Waals surface area (Å²) in [5.74, 6) is -0.0658. The van der Waals surface area contributed by atoms with Gasteiger partial charge in [0.2, 0.25) is 5.91 Å². The molecule has 1 fully saturated rings. The van der Waals surface area contributed by atoms with Crippen LogP contribution in [0.3, 0.4) is 0 Å². The molecule has 1 rings (SSSR count). The minimum absolute atomic E-state index is 0.0658. The number of piperidine rings is 1. The Hall–Kier alpha value is -0.760. The minimum Gasteiger partial charge on any atom is -0.392 e. The van der Waals surface area contributed by atoms with E-state index in [1.165, 1.54) is 0 Å². The second-order valence-electron chi connectivity index (χ2n) is 4.63. The standard InChI is InChI=1S/C12H23N3O3S/c1-17-6-7-18-9-12(16)14-10-2-4-15(5-3-10)8-11(13)19/h10H,2-9H2,1H3,(H2,13,19)(H,14,16). The van der Waals surface area contributed by atoms with Crippen LogP contribution in [0.2, 0.25) is 0 Å². The van der Waals surface area contributed by atoms with Crippen molar-refractivity contribution in [1.29, 1.82) is 0 Å². The summed E-state index contributed by atoms with van der Waals surface area (Å²) in [6.45, 7) is 3.52. The Morgan fingerprint density at radius 1 is 1.42 bits per heavy atom. The van der Waals surface area contributed by atoms with Gasteiger partial charge in [-0.2, -0.15) is 0 Å². The predicted octanol–water partition coefficient (Wildman–Crippen LogP) is -0.484. The zero-order valence-electron chi connectivity index (χ0n) is 11.4. The highest BCUT2D eigenvalue weighted by Crippen LogP contribution is 2.09. The third kappa shape index (κ3) is 7.41. The van der Waals surface area contributed by atoms with Crippen LogP contribution in [0.1, 0.15) is 12.8 Å². The zero-order chi connectivity index (χ0) is 14.1. The van der Waals surface area contributed by atoms with Crippen molar-refractivity contribution in [3.8, 4) is 0 Å². The van der Waals surface area contributed by atoms with E-state index >= 15 is 0 Å². The fourth-order valence-corrected chi connectivity index (χ4v) is 2.21. The predicted molar refractivity (Wildman–Crippen MR) is 77.1 cm³/mol. The van der Waals surface area contributed by atoms with Gasteiger partial charge in [0.25, 0.3) is 0 Å². The van der Waals surface area contributed by atoms with E-state index in [9.17, 15) is 4.79 Å². The molecule has 0 atom stereocenters. The average molecular weight is 289 g/mol. The first-order valence-corrected chi connectivity index (χ1v) is 6.89. The molecular weight excluding hydrogens is 266 g/mol. The molecule has 1 heterocycles. The van der Waals surface area contributed by atoms with E-state index in [-0.39, 0.29) is 18.6 Å². The molecule has 19 heavy (non-hydrogen) atoms. The van der Waals surface area contributed by atoms with Gasteiger partial charge in [-0.1, -0.05) is 12.2 Å². The normalized spacial score (nSPS) is 17.3. The van der Waals surface area contributed by atoms with E-state index < -0.39 is 0 Å². The van der Waals surface area contributed by atoms with Gasteiger partial charge in [0.05, 0.1) is 18.2 Å². The van der Waals surface area contributed by atoms with E-state index in [2.05, 4.69) is 10.2 Å². The molecule has 0 aromatic heterocycles. The summed E-state index contributed by atoms with van der Waals surface area (Å²) in [6, 6.07) is 0.223. The lowest BCUT2D eigenvalue weighted by molar-refractivity contribution is -0.127. The van der Waals surface area contributed by atoms with Crippen LogP contribution in [0, 0.1) is 0 Å². The summed E-state index contributed by atoms with van der Waals surface area (Å²) in [4.78, 5) is 14.3. The molecule has 0 radical (unpaired) electrons. The van der Waals surface area contributed by atoms with Crippen molar-refractivity contribution in [3.05, 3.63) is 0 Å². The van der Waals surface area contributed by atoms with E-state index in [1.54, 1.807) is 7.11 Å². The van der Waals surface area contributed by atoms with Crippen LogP contribution in [0.25, 0.3) is 0 Å². The molecule has 3 N–H and O–H groups in total. The summed E-state index contributed by atoms with van der Waals surface area (Å²) >= 11 is 4.88. The van der Waals surface area contributed by atoms with Crippen molar-refractivity contribution < 1.29 is 14.3 Å². The van der Waals surface area contributed by atoms with Gasteiger partial charge >= 0.3 is 0 Å². The Morgan fingerprint density at radius 3 is 2.68 bits per heavy atom. The minimum atomic E-state index is -0.0658. The van der Waals surface area contributed by atoms with Crippen molar-refractivity contribution in [2.75, 3.05) is 46.6 Å². The quantitative estimate of drug-likeness (QED) is 0.464. The number of carbonyl (C=O) groups is 1. The number of methoxy groups -OCH3 is 1. The number of nitrogens with zero attached hydrogens (tertiary/aromatic N) is 1. The molecule has 1 saturated heterocycles. The number of likely N-dealkylation sites (tertiary alicyclic amines) is 1. The Labute approximate surface area is 119 Å². The maximum atomic E-state index is 11.6. The molecule has 0 aromatic carbocycles. The van der Waals surface area contributed by atoms with Crippen molar-refractivity contribution in [3.63, 3.8) is 0 Å². The number of hydrogen-bond donors (Lipinski definition) is 2. The van der Waals surface area contributed by atoms with Gasteiger partial charge in [-0.25, -0.2) is 0 Å². The summed E-state index contributed by atoms with van der Waals surface area (Å²) in [5.41, 5.74) is 5.51. The number of carbonyl (C=O) groups excluding carboxylic acids is 1. The zero-order valence-corrected chi connectivity index (χ0v) is 12.2. The molecule has 6 nitrogen and oxygen atoms in total. The largest absolute Gasteiger partial charge is 0.392 e. The van der Waals surface area contributed by atoms with Gasteiger partial charge < -0.3 is 20.5 Å². The Kier molecular flexibility index (Phi) is 7.88. The number of rotatable bonds is 8. The van der Waals surface area contributed by atoms with E-state index in [4.69, 9.17) is 27.4 Å². The first kappa shape index (κ1) is 16.3. The molecule has 1 aliphatic rings. The van der Waals surface area contributed by atoms with Gasteiger partial charge in [0.15, 0.2) is 0 Å². The molecule has 0 bridgehead atoms. The van der Waals surface area contributed by atoms with E-state index in [1.807, 2.05) is 0 Å². The highest BCUT2D eigenvalue weighted by molar-refractivity contribution is 7.80. The number of nitrogens with two attached hydrogens (primary N) is 1. The monoisotopic (exact) mass is 289 g/mol. The molecule has 0 saturated carbocycles. The third-order valence-corrected chi connectivity index (χ3v) is 3.13. The molecule has 110 valence electrons. The fraction of sp³-hybridized carbons (Fsp3) is 0.833. The Morgan fingerprint density at radius 2 is 2.11 bits per heavy atom. The highest BCUT2D eigenvalue weighted by atomic mass is 32.1. The van der Waals surface area contributed by atoms with E-state index in [0.717, 1.165) is 25.9 Å². The lowest BCUT2D eigenvalue weighted by Gasteiger charge is -2.31. The first-order chi connectivity index (χ1) is 9.11.